The predicted octanol–water partition coefficient (Wildman–Crippen LogP) is 2.23. The molecule has 2 unspecified atom stereocenters. The Bertz CT molecular complexity index is 542. The fourth-order valence-electron chi connectivity index (χ4n) is 2.82. The second kappa shape index (κ2) is 6.59. The Morgan fingerprint density at radius 3 is 2.65 bits per heavy atom. The SMILES string of the molecule is CCS(=O)(=O)c1ccccc1OCC1CCCC1CN. The summed E-state index contributed by atoms with van der Waals surface area (Å²) in [6, 6.07) is 6.88. The summed E-state index contributed by atoms with van der Waals surface area (Å²) in [4.78, 5) is 0.296. The zero-order chi connectivity index (χ0) is 14.6. The first-order valence-corrected chi connectivity index (χ1v) is 8.88. The molecule has 1 aromatic rings. The fourth-order valence-corrected chi connectivity index (χ4v) is 3.85. The van der Waals surface area contributed by atoms with Crippen LogP contribution in [0.2, 0.25) is 0 Å². The van der Waals surface area contributed by atoms with Crippen molar-refractivity contribution in [1.29, 1.82) is 0 Å². The van der Waals surface area contributed by atoms with E-state index < -0.39 is 9.84 Å². The first kappa shape index (κ1) is 15.3. The molecule has 0 radical (unpaired) electrons. The van der Waals surface area contributed by atoms with Gasteiger partial charge < -0.3 is 10.5 Å². The third-order valence-corrected chi connectivity index (χ3v) is 5.90. The standard InChI is InChI=1S/C15H23NO3S/c1-2-20(17,18)15-9-4-3-8-14(15)19-11-13-7-5-6-12(13)10-16/h3-4,8-9,12-13H,2,5-7,10-11,16H2,1H3. The second-order valence-electron chi connectivity index (χ2n) is 5.35. The number of rotatable bonds is 6. The molecule has 1 fully saturated rings. The van der Waals surface area contributed by atoms with Crippen LogP contribution >= 0.6 is 0 Å². The minimum absolute atomic E-state index is 0.0855. The summed E-state index contributed by atoms with van der Waals surface area (Å²) in [5.74, 6) is 1.50. The van der Waals surface area contributed by atoms with Crippen molar-refractivity contribution >= 4 is 9.84 Å². The normalized spacial score (nSPS) is 22.9. The maximum Gasteiger partial charge on any atom is 0.181 e. The Balaban J connectivity index is 2.10. The number of nitrogens with two attached hydrogens (primary N) is 1. The van der Waals surface area contributed by atoms with E-state index in [1.807, 2.05) is 0 Å². The van der Waals surface area contributed by atoms with Gasteiger partial charge in [-0.1, -0.05) is 25.5 Å². The van der Waals surface area contributed by atoms with E-state index >= 15 is 0 Å². The van der Waals surface area contributed by atoms with Crippen LogP contribution in [-0.4, -0.2) is 27.3 Å². The zero-order valence-electron chi connectivity index (χ0n) is 11.9. The first-order valence-electron chi connectivity index (χ1n) is 7.23. The Morgan fingerprint density at radius 2 is 1.95 bits per heavy atom. The van der Waals surface area contributed by atoms with Crippen molar-refractivity contribution in [2.75, 3.05) is 18.9 Å². The van der Waals surface area contributed by atoms with Crippen molar-refractivity contribution in [3.05, 3.63) is 24.3 Å². The molecule has 0 saturated heterocycles. The molecule has 2 N–H and O–H groups in total. The van der Waals surface area contributed by atoms with Gasteiger partial charge >= 0.3 is 0 Å². The molecule has 2 rings (SSSR count). The zero-order valence-corrected chi connectivity index (χ0v) is 12.7. The van der Waals surface area contributed by atoms with E-state index in [1.54, 1.807) is 31.2 Å². The highest BCUT2D eigenvalue weighted by Gasteiger charge is 2.27. The van der Waals surface area contributed by atoms with Gasteiger partial charge in [0.25, 0.3) is 0 Å². The first-order chi connectivity index (χ1) is 9.58. The summed E-state index contributed by atoms with van der Waals surface area (Å²) in [7, 11) is -3.24. The van der Waals surface area contributed by atoms with Crippen LogP contribution in [0.4, 0.5) is 0 Å². The summed E-state index contributed by atoms with van der Waals surface area (Å²) >= 11 is 0. The van der Waals surface area contributed by atoms with Gasteiger partial charge in [0.15, 0.2) is 9.84 Å². The monoisotopic (exact) mass is 297 g/mol. The van der Waals surface area contributed by atoms with Gasteiger partial charge in [-0.2, -0.15) is 0 Å². The fraction of sp³-hybridized carbons (Fsp3) is 0.600. The quantitative estimate of drug-likeness (QED) is 0.874. The Labute approximate surface area is 121 Å². The van der Waals surface area contributed by atoms with Gasteiger partial charge in [0, 0.05) is 0 Å². The number of sulfone groups is 1. The van der Waals surface area contributed by atoms with E-state index in [-0.39, 0.29) is 5.75 Å². The molecule has 1 saturated carbocycles. The highest BCUT2D eigenvalue weighted by molar-refractivity contribution is 7.91. The van der Waals surface area contributed by atoms with Crippen LogP contribution in [0, 0.1) is 11.8 Å². The largest absolute Gasteiger partial charge is 0.492 e. The molecular formula is C15H23NO3S. The van der Waals surface area contributed by atoms with Gasteiger partial charge in [-0.3, -0.25) is 0 Å². The van der Waals surface area contributed by atoms with Crippen molar-refractivity contribution in [3.63, 3.8) is 0 Å². The van der Waals surface area contributed by atoms with Crippen LogP contribution in [0.5, 0.6) is 5.75 Å². The van der Waals surface area contributed by atoms with E-state index in [2.05, 4.69) is 0 Å². The number of hydrogen-bond donors (Lipinski definition) is 1. The van der Waals surface area contributed by atoms with Gasteiger partial charge in [0.2, 0.25) is 0 Å². The molecule has 2 atom stereocenters. The lowest BCUT2D eigenvalue weighted by Crippen LogP contribution is -2.23. The minimum Gasteiger partial charge on any atom is -0.492 e. The maximum absolute atomic E-state index is 12.0. The number of hydrogen-bond acceptors (Lipinski definition) is 4. The molecular weight excluding hydrogens is 274 g/mol. The number of para-hydroxylation sites is 1. The van der Waals surface area contributed by atoms with E-state index in [9.17, 15) is 8.42 Å². The van der Waals surface area contributed by atoms with Crippen LogP contribution in [0.15, 0.2) is 29.2 Å². The average Bonchev–Trinajstić information content (AvgIpc) is 2.93. The third kappa shape index (κ3) is 3.33. The van der Waals surface area contributed by atoms with Gasteiger partial charge in [-0.25, -0.2) is 8.42 Å². The van der Waals surface area contributed by atoms with Crippen molar-refractivity contribution < 1.29 is 13.2 Å². The molecule has 112 valence electrons. The average molecular weight is 297 g/mol. The van der Waals surface area contributed by atoms with Crippen LogP contribution in [0.25, 0.3) is 0 Å². The minimum atomic E-state index is -3.24. The topological polar surface area (TPSA) is 69.4 Å². The summed E-state index contributed by atoms with van der Waals surface area (Å²) in [5, 5.41) is 0. The van der Waals surface area contributed by atoms with Crippen LogP contribution in [0.3, 0.4) is 0 Å². The van der Waals surface area contributed by atoms with E-state index in [1.165, 1.54) is 6.42 Å². The van der Waals surface area contributed by atoms with Crippen molar-refractivity contribution in [2.45, 2.75) is 31.1 Å². The Morgan fingerprint density at radius 1 is 1.25 bits per heavy atom. The molecule has 5 heteroatoms. The Hall–Kier alpha value is -1.07. The molecule has 0 heterocycles. The lowest BCUT2D eigenvalue weighted by atomic mass is 9.97. The van der Waals surface area contributed by atoms with Gasteiger partial charge in [0.1, 0.15) is 10.6 Å². The van der Waals surface area contributed by atoms with Crippen molar-refractivity contribution in [2.24, 2.45) is 17.6 Å². The molecule has 1 aliphatic carbocycles. The highest BCUT2D eigenvalue weighted by Crippen LogP contribution is 2.32. The molecule has 1 aliphatic rings. The molecule has 0 aliphatic heterocycles. The van der Waals surface area contributed by atoms with E-state index in [4.69, 9.17) is 10.5 Å². The van der Waals surface area contributed by atoms with Gasteiger partial charge in [-0.05, 0) is 43.4 Å². The summed E-state index contributed by atoms with van der Waals surface area (Å²) in [5.41, 5.74) is 5.76. The Kier molecular flexibility index (Phi) is 5.05. The molecule has 0 aromatic heterocycles. The summed E-state index contributed by atoms with van der Waals surface area (Å²) in [6.07, 6.45) is 3.45. The third-order valence-electron chi connectivity index (χ3n) is 4.14. The lowest BCUT2D eigenvalue weighted by Gasteiger charge is -2.19. The maximum atomic E-state index is 12.0. The molecule has 1 aromatic carbocycles. The van der Waals surface area contributed by atoms with E-state index in [0.29, 0.717) is 35.6 Å². The van der Waals surface area contributed by atoms with Crippen molar-refractivity contribution in [3.8, 4) is 5.75 Å². The second-order valence-corrected chi connectivity index (χ2v) is 7.59. The van der Waals surface area contributed by atoms with Crippen LogP contribution in [0.1, 0.15) is 26.2 Å². The highest BCUT2D eigenvalue weighted by atomic mass is 32.2. The molecule has 20 heavy (non-hydrogen) atoms. The lowest BCUT2D eigenvalue weighted by molar-refractivity contribution is 0.212. The number of ether oxygens (including phenoxy) is 1. The molecule has 0 amide bonds. The van der Waals surface area contributed by atoms with Crippen LogP contribution < -0.4 is 10.5 Å². The predicted molar refractivity (Wildman–Crippen MR) is 79.5 cm³/mol. The summed E-state index contributed by atoms with van der Waals surface area (Å²) < 4.78 is 29.9. The van der Waals surface area contributed by atoms with Gasteiger partial charge in [-0.15, -0.1) is 0 Å². The van der Waals surface area contributed by atoms with E-state index in [0.717, 1.165) is 12.8 Å². The molecule has 0 bridgehead atoms. The molecule has 4 nitrogen and oxygen atoms in total. The molecule has 0 spiro atoms. The van der Waals surface area contributed by atoms with Gasteiger partial charge in [0.05, 0.1) is 12.4 Å². The summed E-state index contributed by atoms with van der Waals surface area (Å²) in [6.45, 7) is 2.88. The smallest absolute Gasteiger partial charge is 0.181 e. The van der Waals surface area contributed by atoms with Crippen LogP contribution in [-0.2, 0) is 9.84 Å². The van der Waals surface area contributed by atoms with Crippen molar-refractivity contribution in [1.82, 2.24) is 0 Å². The number of benzene rings is 1.